The Balaban J connectivity index is 1.27. The van der Waals surface area contributed by atoms with Gasteiger partial charge in [0.25, 0.3) is 0 Å². The van der Waals surface area contributed by atoms with E-state index in [9.17, 15) is 0 Å². The summed E-state index contributed by atoms with van der Waals surface area (Å²) in [7, 11) is -1.67. The molecule has 2 unspecified atom stereocenters. The van der Waals surface area contributed by atoms with Gasteiger partial charge >= 0.3 is 0 Å². The molecule has 0 bridgehead atoms. The maximum atomic E-state index is 4.86. The Labute approximate surface area is 330 Å². The second kappa shape index (κ2) is 14.5. The number of benzene rings is 6. The molecule has 6 aromatic carbocycles. The van der Waals surface area contributed by atoms with Gasteiger partial charge in [-0.3, -0.25) is 0 Å². The molecule has 3 heterocycles. The average Bonchev–Trinajstić information content (AvgIpc) is 3.25. The Hall–Kier alpha value is -5.02. The molecule has 3 aliphatic rings. The van der Waals surface area contributed by atoms with Crippen molar-refractivity contribution in [2.45, 2.75) is 75.5 Å². The van der Waals surface area contributed by atoms with E-state index < -0.39 is 15.8 Å². The van der Waals surface area contributed by atoms with Crippen LogP contribution in [-0.4, -0.2) is 31.3 Å². The number of hydrogen-bond acceptors (Lipinski definition) is 6. The molecule has 0 saturated heterocycles. The molecule has 2 fully saturated rings. The van der Waals surface area contributed by atoms with Crippen LogP contribution in [0.25, 0.3) is 43.4 Å². The lowest BCUT2D eigenvalue weighted by molar-refractivity contribution is 0.513. The minimum atomic E-state index is -0.837. The molecule has 1 aliphatic heterocycles. The fraction of sp³-hybridized carbons (Fsp3) is 0.250. The molecule has 2 aromatic heterocycles. The molecule has 2 aliphatic carbocycles. The predicted molar refractivity (Wildman–Crippen MR) is 240 cm³/mol. The molecule has 2 atom stereocenters. The molecule has 8 heteroatoms. The first kappa shape index (κ1) is 34.2. The van der Waals surface area contributed by atoms with E-state index in [2.05, 4.69) is 118 Å². The maximum absolute atomic E-state index is 4.86. The Morgan fingerprint density at radius 3 is 1.18 bits per heavy atom. The van der Waals surface area contributed by atoms with Crippen molar-refractivity contribution in [2.75, 3.05) is 10.6 Å². The van der Waals surface area contributed by atoms with Gasteiger partial charge in [0.05, 0.1) is 11.0 Å². The van der Waals surface area contributed by atoms with Crippen LogP contribution in [0, 0.1) is 0 Å². The highest BCUT2D eigenvalue weighted by atomic mass is 31.1. The van der Waals surface area contributed by atoms with E-state index in [1.807, 2.05) is 12.4 Å². The highest BCUT2D eigenvalue weighted by molar-refractivity contribution is 7.75. The first-order chi connectivity index (χ1) is 27.7. The summed E-state index contributed by atoms with van der Waals surface area (Å²) in [5.41, 5.74) is 7.88. The van der Waals surface area contributed by atoms with Crippen LogP contribution in [0.5, 0.6) is 0 Å². The molecule has 8 aromatic rings. The summed E-state index contributed by atoms with van der Waals surface area (Å²) in [4.78, 5) is 18.7. The highest BCUT2D eigenvalue weighted by Crippen LogP contribution is 2.54. The van der Waals surface area contributed by atoms with Crippen molar-refractivity contribution in [3.8, 4) is 0 Å². The van der Waals surface area contributed by atoms with Crippen LogP contribution in [0.3, 0.4) is 0 Å². The number of fused-ring (bicyclic) bond motifs is 8. The van der Waals surface area contributed by atoms with Crippen LogP contribution < -0.4 is 31.9 Å². The van der Waals surface area contributed by atoms with Gasteiger partial charge in [-0.15, -0.1) is 0 Å². The molecule has 0 amide bonds. The molecule has 276 valence electrons. The Morgan fingerprint density at radius 2 is 0.768 bits per heavy atom. The van der Waals surface area contributed by atoms with Crippen molar-refractivity contribution < 1.29 is 0 Å². The lowest BCUT2D eigenvalue weighted by Gasteiger charge is -2.37. The number of rotatable bonds is 2. The largest absolute Gasteiger partial charge is 0.354 e. The molecular formula is C48H44N6P2. The molecule has 0 radical (unpaired) electrons. The fourth-order valence-corrected chi connectivity index (χ4v) is 16.2. The van der Waals surface area contributed by atoms with Crippen LogP contribution in [0.1, 0.15) is 64.2 Å². The second-order valence-electron chi connectivity index (χ2n) is 15.9. The minimum absolute atomic E-state index is 0.545. The van der Waals surface area contributed by atoms with Gasteiger partial charge in [-0.25, -0.2) is 19.9 Å². The third-order valence-corrected chi connectivity index (χ3v) is 18.5. The molecule has 11 rings (SSSR count). The van der Waals surface area contributed by atoms with Gasteiger partial charge in [-0.1, -0.05) is 87.1 Å². The van der Waals surface area contributed by atoms with Gasteiger partial charge in [0.1, 0.15) is 12.7 Å². The van der Waals surface area contributed by atoms with Crippen LogP contribution in [0.4, 0.5) is 22.7 Å². The number of nitrogens with zero attached hydrogens (tertiary/aromatic N) is 4. The van der Waals surface area contributed by atoms with Crippen molar-refractivity contribution in [3.05, 3.63) is 122 Å². The standard InChI is InChI=1S/C48H44N6P2/c1-3-15-37(16-4-1)55-45-23-33-13-9-7-11-31(33)19-41(45)53-42-20-32-12-8-10-14-34(32)24-46(42)56(38-17-5-2-6-18-38)48-26-40-36(28-50-30-52-40)22-44(48)54-43-21-35-27-49-29-51-39(35)25-47(43)55/h7-14,19-30,37-38,53-54H,1-6,15-18H2. The molecule has 0 spiro atoms. The average molecular weight is 767 g/mol. The molecule has 2 N–H and O–H groups in total. The van der Waals surface area contributed by atoms with Gasteiger partial charge in [-0.2, -0.15) is 0 Å². The minimum Gasteiger partial charge on any atom is -0.354 e. The van der Waals surface area contributed by atoms with Crippen molar-refractivity contribution in [3.63, 3.8) is 0 Å². The third-order valence-electron chi connectivity index (χ3n) is 12.4. The summed E-state index contributed by atoms with van der Waals surface area (Å²) >= 11 is 0. The molecule has 56 heavy (non-hydrogen) atoms. The summed E-state index contributed by atoms with van der Waals surface area (Å²) in [6.07, 6.45) is 20.0. The number of nitrogens with one attached hydrogen (secondary N) is 2. The zero-order valence-electron chi connectivity index (χ0n) is 31.5. The topological polar surface area (TPSA) is 75.6 Å². The van der Waals surface area contributed by atoms with E-state index in [4.69, 9.17) is 9.97 Å². The Morgan fingerprint density at radius 1 is 0.411 bits per heavy atom. The first-order valence-electron chi connectivity index (χ1n) is 20.4. The summed E-state index contributed by atoms with van der Waals surface area (Å²) in [5.74, 6) is 0. The predicted octanol–water partition coefficient (Wildman–Crippen LogP) is 11.2. The van der Waals surface area contributed by atoms with Crippen molar-refractivity contribution in [2.24, 2.45) is 0 Å². The smallest absolute Gasteiger partial charge is 0.116 e. The number of aromatic nitrogens is 4. The molecular weight excluding hydrogens is 723 g/mol. The SMILES string of the molecule is c1ccc2cc3c(cc2c1)Nc1cc2ccccc2cc1P(C1CCCCC1)c1cc2ncncc2cc1Nc1cc2cncnc2cc1P3C1CCCCC1. The Kier molecular flexibility index (Phi) is 8.86. The quantitative estimate of drug-likeness (QED) is 0.171. The number of hydrogen-bond donors (Lipinski definition) is 2. The molecule has 6 nitrogen and oxygen atoms in total. The van der Waals surface area contributed by atoms with E-state index in [1.54, 1.807) is 12.7 Å². The van der Waals surface area contributed by atoms with Crippen LogP contribution >= 0.6 is 15.8 Å². The molecule has 2 saturated carbocycles. The highest BCUT2D eigenvalue weighted by Gasteiger charge is 2.35. The summed E-state index contributed by atoms with van der Waals surface area (Å²) < 4.78 is 0. The van der Waals surface area contributed by atoms with E-state index in [-0.39, 0.29) is 0 Å². The normalized spacial score (nSPS) is 19.2. The number of anilines is 4. The van der Waals surface area contributed by atoms with E-state index in [0.717, 1.165) is 21.8 Å². The van der Waals surface area contributed by atoms with Crippen LogP contribution in [0.15, 0.2) is 122 Å². The van der Waals surface area contributed by atoms with Gasteiger partial charge in [0.15, 0.2) is 0 Å². The summed E-state index contributed by atoms with van der Waals surface area (Å²) in [6.45, 7) is 0. The van der Waals surface area contributed by atoms with Gasteiger partial charge in [0.2, 0.25) is 0 Å². The van der Waals surface area contributed by atoms with Crippen molar-refractivity contribution in [1.29, 1.82) is 0 Å². The zero-order chi connectivity index (χ0) is 37.0. The Bertz CT molecular complexity index is 2410. The van der Waals surface area contributed by atoms with E-state index in [0.29, 0.717) is 11.3 Å². The zero-order valence-corrected chi connectivity index (χ0v) is 33.2. The maximum Gasteiger partial charge on any atom is 0.116 e. The fourth-order valence-electron chi connectivity index (χ4n) is 9.71. The van der Waals surface area contributed by atoms with Gasteiger partial charge < -0.3 is 10.6 Å². The third kappa shape index (κ3) is 6.19. The van der Waals surface area contributed by atoms with Crippen molar-refractivity contribution in [1.82, 2.24) is 19.9 Å². The summed E-state index contributed by atoms with van der Waals surface area (Å²) in [5, 5.41) is 21.3. The lowest BCUT2D eigenvalue weighted by atomic mass is 10.0. The van der Waals surface area contributed by atoms with Crippen LogP contribution in [-0.2, 0) is 0 Å². The monoisotopic (exact) mass is 766 g/mol. The van der Waals surface area contributed by atoms with Crippen LogP contribution in [0.2, 0.25) is 0 Å². The van der Waals surface area contributed by atoms with E-state index in [1.165, 1.54) is 130 Å². The van der Waals surface area contributed by atoms with Gasteiger partial charge in [-0.05, 0) is 123 Å². The summed E-state index contributed by atoms with van der Waals surface area (Å²) in [6, 6.07) is 37.3. The van der Waals surface area contributed by atoms with E-state index >= 15 is 0 Å². The lowest BCUT2D eigenvalue weighted by Crippen LogP contribution is -2.30. The second-order valence-corrected chi connectivity index (χ2v) is 20.8. The first-order valence-corrected chi connectivity index (χ1v) is 23.2. The van der Waals surface area contributed by atoms with Crippen molar-refractivity contribution >= 4 is 103 Å². The van der Waals surface area contributed by atoms with Gasteiger partial charge in [0, 0.05) is 67.1 Å².